The first-order chi connectivity index (χ1) is 7.85. The molecule has 0 fully saturated rings. The fourth-order valence-electron chi connectivity index (χ4n) is 2.48. The van der Waals surface area contributed by atoms with Gasteiger partial charge in [0.05, 0.1) is 0 Å². The molecule has 0 amide bonds. The van der Waals surface area contributed by atoms with Crippen LogP contribution in [0.15, 0.2) is 0 Å². The fraction of sp³-hybridized carbons (Fsp3) is 1.00. The van der Waals surface area contributed by atoms with Crippen molar-refractivity contribution in [1.29, 1.82) is 0 Å². The number of unbranched alkanes of at least 4 members (excludes halogenated alkanes) is 6. The largest absolute Gasteiger partial charge is 1.00 e. The van der Waals surface area contributed by atoms with E-state index in [0.29, 0.717) is 0 Å². The van der Waals surface area contributed by atoms with Gasteiger partial charge in [-0.2, -0.15) is 0 Å². The van der Waals surface area contributed by atoms with Gasteiger partial charge < -0.3 is 1.43 Å². The third-order valence-corrected chi connectivity index (χ3v) is 3.65. The van der Waals surface area contributed by atoms with Crippen LogP contribution in [0, 0.1) is 0 Å². The monoisotopic (exact) mass is 248 g/mol. The van der Waals surface area contributed by atoms with E-state index in [9.17, 15) is 0 Å². The average molecular weight is 248 g/mol. The molecule has 0 spiro atoms. The normalized spacial score (nSPS) is 10.1. The Hall–Kier alpha value is 1.06. The van der Waals surface area contributed by atoms with Crippen molar-refractivity contribution in [3.8, 4) is 0 Å². The first-order valence-corrected chi connectivity index (χ1v) is 7.85. The molecule has 0 saturated heterocycles. The van der Waals surface area contributed by atoms with Crippen LogP contribution in [0.4, 0.5) is 0 Å². The van der Waals surface area contributed by atoms with Crippen LogP contribution in [0.5, 0.6) is 0 Å². The zero-order valence-corrected chi connectivity index (χ0v) is 15.1. The SMILES string of the molecule is CCCCCB(CCCCC)CCCCC.[H-].[Na+]. The van der Waals surface area contributed by atoms with Gasteiger partial charge in [-0.25, -0.2) is 0 Å². The van der Waals surface area contributed by atoms with Gasteiger partial charge in [0.25, 0.3) is 0 Å². The van der Waals surface area contributed by atoms with E-state index in [0.717, 1.165) is 6.71 Å². The molecule has 0 aromatic carbocycles. The maximum atomic E-state index is 2.31. The summed E-state index contributed by atoms with van der Waals surface area (Å²) in [5, 5.41) is 0. The van der Waals surface area contributed by atoms with Gasteiger partial charge in [-0.15, -0.1) is 0 Å². The summed E-state index contributed by atoms with van der Waals surface area (Å²) in [5.41, 5.74) is 0. The first-order valence-electron chi connectivity index (χ1n) is 7.85. The second kappa shape index (κ2) is 17.1. The summed E-state index contributed by atoms with van der Waals surface area (Å²) < 4.78 is 0. The van der Waals surface area contributed by atoms with Crippen LogP contribution in [-0.4, -0.2) is 6.71 Å². The van der Waals surface area contributed by atoms with Crippen molar-refractivity contribution in [1.82, 2.24) is 0 Å². The summed E-state index contributed by atoms with van der Waals surface area (Å²) in [6.45, 7) is 7.97. The molecule has 0 radical (unpaired) electrons. The molecule has 0 aromatic rings. The fourth-order valence-corrected chi connectivity index (χ4v) is 2.48. The molecule has 17 heavy (non-hydrogen) atoms. The summed E-state index contributed by atoms with van der Waals surface area (Å²) >= 11 is 0. The molecule has 0 saturated carbocycles. The van der Waals surface area contributed by atoms with E-state index in [4.69, 9.17) is 0 Å². The number of hydrogen-bond acceptors (Lipinski definition) is 0. The van der Waals surface area contributed by atoms with Crippen molar-refractivity contribution in [2.45, 2.75) is 97.5 Å². The molecule has 0 nitrogen and oxygen atoms in total. The van der Waals surface area contributed by atoms with Crippen LogP contribution in [0.25, 0.3) is 0 Å². The zero-order valence-electron chi connectivity index (χ0n) is 14.1. The Morgan fingerprint density at radius 1 is 0.588 bits per heavy atom. The Morgan fingerprint density at radius 3 is 1.12 bits per heavy atom. The van der Waals surface area contributed by atoms with Gasteiger partial charge in [0.2, 0.25) is 0 Å². The molecule has 0 heterocycles. The minimum atomic E-state index is 0. The van der Waals surface area contributed by atoms with Gasteiger partial charge in [0.1, 0.15) is 6.71 Å². The number of rotatable bonds is 12. The van der Waals surface area contributed by atoms with Crippen LogP contribution < -0.4 is 29.6 Å². The molecule has 0 N–H and O–H groups in total. The predicted molar refractivity (Wildman–Crippen MR) is 79.9 cm³/mol. The van der Waals surface area contributed by atoms with E-state index >= 15 is 0 Å². The summed E-state index contributed by atoms with van der Waals surface area (Å²) in [6.07, 6.45) is 17.4. The second-order valence-electron chi connectivity index (χ2n) is 5.35. The average Bonchev–Trinajstić information content (AvgIpc) is 2.29. The summed E-state index contributed by atoms with van der Waals surface area (Å²) in [5.74, 6) is 0. The molecule has 0 atom stereocenters. The van der Waals surface area contributed by atoms with Crippen LogP contribution in [-0.2, 0) is 0 Å². The van der Waals surface area contributed by atoms with Crippen LogP contribution >= 0.6 is 0 Å². The Labute approximate surface area is 135 Å². The minimum Gasteiger partial charge on any atom is -1.00 e. The van der Waals surface area contributed by atoms with Crippen LogP contribution in [0.2, 0.25) is 19.0 Å². The quantitative estimate of drug-likeness (QED) is 0.367. The molecule has 98 valence electrons. The van der Waals surface area contributed by atoms with Gasteiger partial charge in [-0.1, -0.05) is 97.5 Å². The van der Waals surface area contributed by atoms with Crippen molar-refractivity contribution in [2.75, 3.05) is 0 Å². The molecule has 0 unspecified atom stereocenters. The van der Waals surface area contributed by atoms with Gasteiger partial charge in [0, 0.05) is 0 Å². The maximum Gasteiger partial charge on any atom is 1.00 e. The van der Waals surface area contributed by atoms with Crippen molar-refractivity contribution < 1.29 is 31.0 Å². The van der Waals surface area contributed by atoms with E-state index in [-0.39, 0.29) is 31.0 Å². The van der Waals surface area contributed by atoms with E-state index < -0.39 is 0 Å². The van der Waals surface area contributed by atoms with Gasteiger partial charge in [-0.05, 0) is 0 Å². The molecule has 0 aliphatic rings. The van der Waals surface area contributed by atoms with E-state index in [2.05, 4.69) is 20.8 Å². The van der Waals surface area contributed by atoms with E-state index in [1.807, 2.05) is 0 Å². The Balaban J connectivity index is -0.00000112. The molecule has 0 rings (SSSR count). The minimum absolute atomic E-state index is 0. The van der Waals surface area contributed by atoms with Crippen molar-refractivity contribution in [3.05, 3.63) is 0 Å². The predicted octanol–water partition coefficient (Wildman–Crippen LogP) is 3.17. The van der Waals surface area contributed by atoms with Gasteiger partial charge >= 0.3 is 29.6 Å². The van der Waals surface area contributed by atoms with Crippen LogP contribution in [0.3, 0.4) is 0 Å². The molecule has 0 bridgehead atoms. The van der Waals surface area contributed by atoms with Crippen molar-refractivity contribution >= 4 is 6.71 Å². The second-order valence-corrected chi connectivity index (χ2v) is 5.35. The summed E-state index contributed by atoms with van der Waals surface area (Å²) in [4.78, 5) is 0. The molecular formula is C15H34BNa. The maximum absolute atomic E-state index is 2.31. The van der Waals surface area contributed by atoms with E-state index in [1.165, 1.54) is 76.7 Å². The Bertz CT molecular complexity index is 110. The number of hydrogen-bond donors (Lipinski definition) is 0. The van der Waals surface area contributed by atoms with Crippen molar-refractivity contribution in [3.63, 3.8) is 0 Å². The molecular weight excluding hydrogens is 214 g/mol. The summed E-state index contributed by atoms with van der Waals surface area (Å²) in [7, 11) is 0. The van der Waals surface area contributed by atoms with E-state index in [1.54, 1.807) is 0 Å². The van der Waals surface area contributed by atoms with Gasteiger partial charge in [-0.3, -0.25) is 0 Å². The zero-order chi connectivity index (χ0) is 12.1. The topological polar surface area (TPSA) is 0 Å². The third-order valence-electron chi connectivity index (χ3n) is 3.65. The molecule has 0 aliphatic carbocycles. The van der Waals surface area contributed by atoms with Crippen molar-refractivity contribution in [2.24, 2.45) is 0 Å². The Kier molecular flexibility index (Phi) is 20.5. The molecule has 0 aliphatic heterocycles. The van der Waals surface area contributed by atoms with Gasteiger partial charge in [0.15, 0.2) is 0 Å². The summed E-state index contributed by atoms with van der Waals surface area (Å²) in [6, 6.07) is 0. The third kappa shape index (κ3) is 15.0. The smallest absolute Gasteiger partial charge is 1.00 e. The Morgan fingerprint density at radius 2 is 0.882 bits per heavy atom. The molecule has 0 aromatic heterocycles. The first kappa shape index (κ1) is 20.4. The standard InChI is InChI=1S/C15H33B.Na.H/c1-4-7-10-13-16(14-11-8-5-2)15-12-9-6-3;;/h4-15H2,1-3H3;;/q;+1;-1. The molecule has 2 heteroatoms. The van der Waals surface area contributed by atoms with Crippen LogP contribution in [0.1, 0.15) is 80.0 Å².